The van der Waals surface area contributed by atoms with Crippen LogP contribution in [0.1, 0.15) is 21.8 Å². The first-order valence-electron chi connectivity index (χ1n) is 5.68. The quantitative estimate of drug-likeness (QED) is 0.734. The average molecular weight is 325 g/mol. The molecule has 0 radical (unpaired) electrons. The second kappa shape index (κ2) is 6.28. The molecule has 2 aromatic carbocycles. The summed E-state index contributed by atoms with van der Waals surface area (Å²) in [5.74, 6) is -1.33. The lowest BCUT2D eigenvalue weighted by Crippen LogP contribution is -2.11. The minimum atomic E-state index is -0.941. The standard InChI is InChI=1S/C15H8Cl3NO/c16-10-6-4-9(5-7-10)12(8-19)15(20)11-2-1-3-13(17)14(11)18/h1-7,12H. The van der Waals surface area contributed by atoms with Crippen LogP contribution in [0.3, 0.4) is 0 Å². The summed E-state index contributed by atoms with van der Waals surface area (Å²) in [7, 11) is 0. The lowest BCUT2D eigenvalue weighted by atomic mass is 9.92. The van der Waals surface area contributed by atoms with Crippen LogP contribution >= 0.6 is 34.8 Å². The van der Waals surface area contributed by atoms with E-state index in [1.807, 2.05) is 6.07 Å². The number of nitrogens with zero attached hydrogens (tertiary/aromatic N) is 1. The number of carbonyl (C=O) groups excluding carboxylic acids is 1. The molecular weight excluding hydrogens is 317 g/mol. The molecule has 0 N–H and O–H groups in total. The number of nitriles is 1. The summed E-state index contributed by atoms with van der Waals surface area (Å²) in [4.78, 5) is 12.4. The van der Waals surface area contributed by atoms with Crippen LogP contribution in [-0.4, -0.2) is 5.78 Å². The zero-order chi connectivity index (χ0) is 14.7. The van der Waals surface area contributed by atoms with Crippen molar-refractivity contribution in [3.05, 3.63) is 68.7 Å². The molecule has 0 spiro atoms. The Bertz CT molecular complexity index is 689. The predicted octanol–water partition coefficient (Wildman–Crippen LogP) is 5.14. The van der Waals surface area contributed by atoms with Gasteiger partial charge in [0.25, 0.3) is 0 Å². The van der Waals surface area contributed by atoms with Gasteiger partial charge < -0.3 is 0 Å². The van der Waals surface area contributed by atoms with E-state index in [9.17, 15) is 10.1 Å². The van der Waals surface area contributed by atoms with Crippen LogP contribution in [0.5, 0.6) is 0 Å². The maximum atomic E-state index is 12.4. The predicted molar refractivity (Wildman–Crippen MR) is 80.6 cm³/mol. The van der Waals surface area contributed by atoms with E-state index in [1.54, 1.807) is 42.5 Å². The molecule has 1 unspecified atom stereocenters. The molecule has 0 aliphatic carbocycles. The molecular formula is C15H8Cl3NO. The molecule has 20 heavy (non-hydrogen) atoms. The van der Waals surface area contributed by atoms with E-state index in [1.165, 1.54) is 0 Å². The van der Waals surface area contributed by atoms with Gasteiger partial charge in [-0.05, 0) is 29.8 Å². The first kappa shape index (κ1) is 14.9. The Balaban J connectivity index is 2.42. The first-order chi connectivity index (χ1) is 9.54. The molecule has 0 aromatic heterocycles. The van der Waals surface area contributed by atoms with Crippen LogP contribution < -0.4 is 0 Å². The number of benzene rings is 2. The van der Waals surface area contributed by atoms with Crippen LogP contribution in [-0.2, 0) is 0 Å². The summed E-state index contributed by atoms with van der Waals surface area (Å²) in [6.45, 7) is 0. The fourth-order valence-electron chi connectivity index (χ4n) is 1.79. The van der Waals surface area contributed by atoms with Crippen molar-refractivity contribution in [1.82, 2.24) is 0 Å². The second-order valence-corrected chi connectivity index (χ2v) is 5.30. The summed E-state index contributed by atoms with van der Waals surface area (Å²) >= 11 is 17.7. The fourth-order valence-corrected chi connectivity index (χ4v) is 2.31. The van der Waals surface area contributed by atoms with Crippen molar-refractivity contribution >= 4 is 40.6 Å². The summed E-state index contributed by atoms with van der Waals surface area (Å²) in [5.41, 5.74) is 0.804. The van der Waals surface area contributed by atoms with Gasteiger partial charge in [-0.2, -0.15) is 5.26 Å². The second-order valence-electron chi connectivity index (χ2n) is 4.08. The van der Waals surface area contributed by atoms with Gasteiger partial charge in [0.1, 0.15) is 5.92 Å². The third-order valence-electron chi connectivity index (χ3n) is 2.81. The summed E-state index contributed by atoms with van der Waals surface area (Å²) in [6, 6.07) is 13.3. The Hall–Kier alpha value is -1.53. The maximum Gasteiger partial charge on any atom is 0.186 e. The van der Waals surface area contributed by atoms with Crippen molar-refractivity contribution in [2.75, 3.05) is 0 Å². The summed E-state index contributed by atoms with van der Waals surface area (Å²) in [6.07, 6.45) is 0. The Morgan fingerprint density at radius 3 is 2.30 bits per heavy atom. The molecule has 1 atom stereocenters. The molecule has 0 fully saturated rings. The van der Waals surface area contributed by atoms with Gasteiger partial charge in [0.2, 0.25) is 0 Å². The SMILES string of the molecule is N#CC(C(=O)c1cccc(Cl)c1Cl)c1ccc(Cl)cc1. The van der Waals surface area contributed by atoms with E-state index in [2.05, 4.69) is 0 Å². The molecule has 2 aromatic rings. The Morgan fingerprint density at radius 1 is 1.05 bits per heavy atom. The highest BCUT2D eigenvalue weighted by molar-refractivity contribution is 6.44. The van der Waals surface area contributed by atoms with E-state index in [4.69, 9.17) is 34.8 Å². The Morgan fingerprint density at radius 2 is 1.70 bits per heavy atom. The van der Waals surface area contributed by atoms with E-state index in [0.717, 1.165) is 0 Å². The highest BCUT2D eigenvalue weighted by Gasteiger charge is 2.24. The molecule has 0 saturated carbocycles. The Labute approximate surface area is 131 Å². The van der Waals surface area contributed by atoms with E-state index in [-0.39, 0.29) is 21.4 Å². The van der Waals surface area contributed by atoms with Gasteiger partial charge in [-0.25, -0.2) is 0 Å². The van der Waals surface area contributed by atoms with Gasteiger partial charge in [-0.3, -0.25) is 4.79 Å². The number of hydrogen-bond acceptors (Lipinski definition) is 2. The van der Waals surface area contributed by atoms with Crippen LogP contribution in [0, 0.1) is 11.3 Å². The number of halogens is 3. The fraction of sp³-hybridized carbons (Fsp3) is 0.0667. The van der Waals surface area contributed by atoms with Crippen molar-refractivity contribution in [2.45, 2.75) is 5.92 Å². The zero-order valence-electron chi connectivity index (χ0n) is 10.1. The monoisotopic (exact) mass is 323 g/mol. The lowest BCUT2D eigenvalue weighted by Gasteiger charge is -2.10. The van der Waals surface area contributed by atoms with Gasteiger partial charge in [-0.15, -0.1) is 0 Å². The molecule has 0 heterocycles. The molecule has 2 nitrogen and oxygen atoms in total. The van der Waals surface area contributed by atoms with Gasteiger partial charge in [0.15, 0.2) is 5.78 Å². The van der Waals surface area contributed by atoms with Crippen LogP contribution in [0.25, 0.3) is 0 Å². The Kier molecular flexibility index (Phi) is 4.67. The van der Waals surface area contributed by atoms with Crippen LogP contribution in [0.4, 0.5) is 0 Å². The maximum absolute atomic E-state index is 12.4. The largest absolute Gasteiger partial charge is 0.292 e. The molecule has 0 saturated heterocycles. The van der Waals surface area contributed by atoms with Gasteiger partial charge in [0.05, 0.1) is 16.1 Å². The number of hydrogen-bond donors (Lipinski definition) is 0. The minimum absolute atomic E-state index is 0.161. The topological polar surface area (TPSA) is 40.9 Å². The van der Waals surface area contributed by atoms with Crippen molar-refractivity contribution in [3.63, 3.8) is 0 Å². The van der Waals surface area contributed by atoms with Crippen LogP contribution in [0.15, 0.2) is 42.5 Å². The van der Waals surface area contributed by atoms with E-state index in [0.29, 0.717) is 10.6 Å². The lowest BCUT2D eigenvalue weighted by molar-refractivity contribution is 0.0979. The van der Waals surface area contributed by atoms with Gasteiger partial charge >= 0.3 is 0 Å². The molecule has 0 amide bonds. The summed E-state index contributed by atoms with van der Waals surface area (Å²) < 4.78 is 0. The smallest absolute Gasteiger partial charge is 0.186 e. The summed E-state index contributed by atoms with van der Waals surface area (Å²) in [5, 5.41) is 10.2. The van der Waals surface area contributed by atoms with Gasteiger partial charge in [0, 0.05) is 10.6 Å². The zero-order valence-corrected chi connectivity index (χ0v) is 12.4. The first-order valence-corrected chi connectivity index (χ1v) is 6.81. The molecule has 0 bridgehead atoms. The number of ketones is 1. The van der Waals surface area contributed by atoms with Crippen molar-refractivity contribution in [2.24, 2.45) is 0 Å². The van der Waals surface area contributed by atoms with E-state index < -0.39 is 5.92 Å². The number of Topliss-reactive ketones (excluding diaryl/α,β-unsaturated/α-hetero) is 1. The molecule has 0 aliphatic heterocycles. The minimum Gasteiger partial charge on any atom is -0.292 e. The number of carbonyl (C=O) groups is 1. The third-order valence-corrected chi connectivity index (χ3v) is 3.88. The highest BCUT2D eigenvalue weighted by atomic mass is 35.5. The average Bonchev–Trinajstić information content (AvgIpc) is 2.44. The number of rotatable bonds is 3. The molecule has 0 aliphatic rings. The van der Waals surface area contributed by atoms with Crippen molar-refractivity contribution in [3.8, 4) is 6.07 Å². The normalized spacial score (nSPS) is 11.7. The van der Waals surface area contributed by atoms with Crippen molar-refractivity contribution in [1.29, 1.82) is 5.26 Å². The molecule has 5 heteroatoms. The van der Waals surface area contributed by atoms with Crippen LogP contribution in [0.2, 0.25) is 15.1 Å². The van der Waals surface area contributed by atoms with Gasteiger partial charge in [-0.1, -0.05) is 53.0 Å². The molecule has 100 valence electrons. The highest BCUT2D eigenvalue weighted by Crippen LogP contribution is 2.30. The van der Waals surface area contributed by atoms with E-state index >= 15 is 0 Å². The molecule has 2 rings (SSSR count). The third kappa shape index (κ3) is 2.96. The van der Waals surface area contributed by atoms with Crippen molar-refractivity contribution < 1.29 is 4.79 Å².